The lowest BCUT2D eigenvalue weighted by atomic mass is 10.1. The molecule has 1 N–H and O–H groups in total. The Morgan fingerprint density at radius 1 is 1.36 bits per heavy atom. The van der Waals surface area contributed by atoms with E-state index in [0.717, 1.165) is 16.2 Å². The molecule has 2 amide bonds. The van der Waals surface area contributed by atoms with Crippen molar-refractivity contribution in [1.29, 1.82) is 0 Å². The third kappa shape index (κ3) is 6.22. The van der Waals surface area contributed by atoms with Crippen molar-refractivity contribution in [3.8, 4) is 0 Å². The molecule has 0 fully saturated rings. The van der Waals surface area contributed by atoms with Crippen LogP contribution in [0.3, 0.4) is 0 Å². The molecule has 25 heavy (non-hydrogen) atoms. The summed E-state index contributed by atoms with van der Waals surface area (Å²) < 4.78 is 19.8. The number of hydrogen-bond donors (Lipinski definition) is 1. The summed E-state index contributed by atoms with van der Waals surface area (Å²) in [6.45, 7) is 3.98. The molecule has 2 aromatic heterocycles. The van der Waals surface area contributed by atoms with Crippen molar-refractivity contribution in [2.75, 3.05) is 0 Å². The van der Waals surface area contributed by atoms with Crippen LogP contribution in [0.1, 0.15) is 31.6 Å². The van der Waals surface area contributed by atoms with E-state index in [2.05, 4.69) is 9.08 Å². The Balaban J connectivity index is 2.24. The second kappa shape index (κ2) is 8.93. The van der Waals surface area contributed by atoms with Crippen molar-refractivity contribution in [2.24, 2.45) is 10.3 Å². The highest BCUT2D eigenvalue weighted by Crippen LogP contribution is 2.25. The first-order valence-electron chi connectivity index (χ1n) is 7.65. The maximum absolute atomic E-state index is 13.2. The molecule has 0 aliphatic rings. The summed E-state index contributed by atoms with van der Waals surface area (Å²) in [5, 5.41) is 3.85. The zero-order valence-corrected chi connectivity index (χ0v) is 17.1. The molecule has 0 radical (unpaired) electrons. The van der Waals surface area contributed by atoms with Gasteiger partial charge in [0.25, 0.3) is 5.91 Å². The average molecular weight is 419 g/mol. The van der Waals surface area contributed by atoms with Crippen LogP contribution in [0.5, 0.6) is 0 Å². The minimum absolute atomic E-state index is 0.0868. The summed E-state index contributed by atoms with van der Waals surface area (Å²) in [5.41, 5.74) is 0. The molecule has 9 heteroatoms. The van der Waals surface area contributed by atoms with Gasteiger partial charge in [0, 0.05) is 16.7 Å². The molecule has 0 aromatic carbocycles. The largest absolute Gasteiger partial charge is 0.274 e. The molecule has 0 spiro atoms. The summed E-state index contributed by atoms with van der Waals surface area (Å²) in [5.74, 6) is -0.600. The van der Waals surface area contributed by atoms with E-state index in [1.54, 1.807) is 5.38 Å². The van der Waals surface area contributed by atoms with Gasteiger partial charge in [-0.25, -0.2) is 4.21 Å². The van der Waals surface area contributed by atoms with Crippen molar-refractivity contribution in [2.45, 2.75) is 37.3 Å². The Labute approximate surface area is 160 Å². The van der Waals surface area contributed by atoms with Crippen LogP contribution >= 0.6 is 34.3 Å². The van der Waals surface area contributed by atoms with Crippen LogP contribution in [-0.4, -0.2) is 16.0 Å². The number of halogens is 1. The Morgan fingerprint density at radius 2 is 2.12 bits per heavy atom. The van der Waals surface area contributed by atoms with Crippen molar-refractivity contribution in [1.82, 2.24) is 4.72 Å². The zero-order valence-electron chi connectivity index (χ0n) is 13.9. The molecular formula is C16H19ClN2O3S3. The topological polar surface area (TPSA) is 75.6 Å². The summed E-state index contributed by atoms with van der Waals surface area (Å²) in [4.78, 5) is 25.2. The molecule has 1 unspecified atom stereocenters. The number of carbonyl (C=O) groups excluding carboxylic acids is 2. The van der Waals surface area contributed by atoms with Crippen LogP contribution in [-0.2, 0) is 25.9 Å². The highest BCUT2D eigenvalue weighted by molar-refractivity contribution is 7.94. The third-order valence-electron chi connectivity index (χ3n) is 3.15. The van der Waals surface area contributed by atoms with E-state index < -0.39 is 21.7 Å². The molecule has 2 heterocycles. The lowest BCUT2D eigenvalue weighted by Gasteiger charge is -2.10. The molecule has 0 aliphatic heterocycles. The van der Waals surface area contributed by atoms with Crippen LogP contribution in [0, 0.1) is 5.92 Å². The average Bonchev–Trinajstić information content (AvgIpc) is 3.16. The quantitative estimate of drug-likeness (QED) is 0.717. The number of hydrogen-bond acceptors (Lipinski definition) is 5. The van der Waals surface area contributed by atoms with Gasteiger partial charge in [-0.1, -0.05) is 31.5 Å². The summed E-state index contributed by atoms with van der Waals surface area (Å²) in [6.07, 6.45) is 0.921. The van der Waals surface area contributed by atoms with Crippen molar-refractivity contribution >= 4 is 56.0 Å². The maximum Gasteiger partial charge on any atom is 0.255 e. The molecule has 2 aromatic rings. The van der Waals surface area contributed by atoms with Gasteiger partial charge in [0.05, 0.1) is 11.4 Å². The molecular weight excluding hydrogens is 400 g/mol. The summed E-state index contributed by atoms with van der Waals surface area (Å²) in [7, 11) is -3.38. The number of thiophene rings is 2. The molecule has 136 valence electrons. The van der Waals surface area contributed by atoms with Gasteiger partial charge >= 0.3 is 0 Å². The van der Waals surface area contributed by atoms with E-state index >= 15 is 0 Å². The molecule has 0 aliphatic carbocycles. The van der Waals surface area contributed by atoms with E-state index in [0.29, 0.717) is 17.4 Å². The van der Waals surface area contributed by atoms with Gasteiger partial charge in [0.1, 0.15) is 4.21 Å². The third-order valence-corrected chi connectivity index (χ3v) is 7.69. The highest BCUT2D eigenvalue weighted by atomic mass is 35.5. The van der Waals surface area contributed by atoms with Crippen LogP contribution < -0.4 is 4.72 Å². The lowest BCUT2D eigenvalue weighted by Crippen LogP contribution is -2.31. The van der Waals surface area contributed by atoms with E-state index in [1.165, 1.54) is 17.4 Å². The minimum Gasteiger partial charge on any atom is -0.274 e. The van der Waals surface area contributed by atoms with Gasteiger partial charge < -0.3 is 0 Å². The van der Waals surface area contributed by atoms with Gasteiger partial charge in [-0.15, -0.1) is 27.0 Å². The van der Waals surface area contributed by atoms with E-state index in [4.69, 9.17) is 11.6 Å². The van der Waals surface area contributed by atoms with Gasteiger partial charge in [0.2, 0.25) is 5.91 Å². The molecule has 5 nitrogen and oxygen atoms in total. The summed E-state index contributed by atoms with van der Waals surface area (Å²) in [6, 6.07) is 5.13. The van der Waals surface area contributed by atoms with E-state index in [-0.39, 0.29) is 17.1 Å². The Bertz CT molecular complexity index is 850. The fourth-order valence-electron chi connectivity index (χ4n) is 1.92. The molecule has 0 bridgehead atoms. The van der Waals surface area contributed by atoms with Gasteiger partial charge in [-0.2, -0.15) is 0 Å². The van der Waals surface area contributed by atoms with Crippen LogP contribution in [0.2, 0.25) is 5.02 Å². The zero-order chi connectivity index (χ0) is 18.4. The van der Waals surface area contributed by atoms with Crippen molar-refractivity contribution < 1.29 is 13.8 Å². The monoisotopic (exact) mass is 418 g/mol. The standard InChI is InChI=1S/C16H19ClN2O3S3/c1-11(2)5-6-14(20)18-25(22,16-8-12(17)10-24-16)19-15(21)9-13-4-3-7-23-13/h3-4,7-8,10-11H,5-6,9H2,1-2H3,(H,18,19,20,21,22). The Kier molecular flexibility index (Phi) is 7.18. The molecule has 0 saturated heterocycles. The predicted molar refractivity (Wildman–Crippen MR) is 103 cm³/mol. The smallest absolute Gasteiger partial charge is 0.255 e. The maximum atomic E-state index is 13.2. The molecule has 0 saturated carbocycles. The van der Waals surface area contributed by atoms with E-state index in [1.807, 2.05) is 31.4 Å². The molecule has 1 atom stereocenters. The number of nitrogens with zero attached hydrogens (tertiary/aromatic N) is 1. The van der Waals surface area contributed by atoms with Crippen LogP contribution in [0.25, 0.3) is 0 Å². The lowest BCUT2D eigenvalue weighted by molar-refractivity contribution is -0.118. The first kappa shape index (κ1) is 20.1. The highest BCUT2D eigenvalue weighted by Gasteiger charge is 2.21. The normalized spacial score (nSPS) is 13.4. The molecule has 2 rings (SSSR count). The Morgan fingerprint density at radius 3 is 2.68 bits per heavy atom. The number of nitrogens with one attached hydrogen (secondary N) is 1. The SMILES string of the molecule is CC(C)CCC(=O)N=S(=O)(NC(=O)Cc1cccs1)c1cc(Cl)cs1. The fourth-order valence-corrected chi connectivity index (χ4v) is 5.67. The summed E-state index contributed by atoms with van der Waals surface area (Å²) >= 11 is 8.44. The number of rotatable bonds is 7. The fraction of sp³-hybridized carbons (Fsp3) is 0.375. The number of amides is 2. The van der Waals surface area contributed by atoms with Gasteiger partial charge in [0.15, 0.2) is 9.92 Å². The van der Waals surface area contributed by atoms with E-state index in [9.17, 15) is 13.8 Å². The predicted octanol–water partition coefficient (Wildman–Crippen LogP) is 4.53. The van der Waals surface area contributed by atoms with Crippen LogP contribution in [0.4, 0.5) is 0 Å². The van der Waals surface area contributed by atoms with Crippen molar-refractivity contribution in [3.05, 3.63) is 38.9 Å². The number of carbonyl (C=O) groups is 2. The second-order valence-electron chi connectivity index (χ2n) is 5.81. The Hall–Kier alpha value is -1.22. The first-order chi connectivity index (χ1) is 11.8. The van der Waals surface area contributed by atoms with Crippen LogP contribution in [0.15, 0.2) is 37.5 Å². The minimum atomic E-state index is -3.38. The van der Waals surface area contributed by atoms with Crippen molar-refractivity contribution in [3.63, 3.8) is 0 Å². The van der Waals surface area contributed by atoms with Gasteiger partial charge in [-0.05, 0) is 29.9 Å². The second-order valence-corrected chi connectivity index (χ2v) is 10.3. The first-order valence-corrected chi connectivity index (χ1v) is 11.3. The van der Waals surface area contributed by atoms with Gasteiger partial charge in [-0.3, -0.25) is 14.3 Å².